The van der Waals surface area contributed by atoms with E-state index in [1.54, 1.807) is 0 Å². The van der Waals surface area contributed by atoms with Crippen LogP contribution in [-0.2, 0) is 14.3 Å². The van der Waals surface area contributed by atoms with Gasteiger partial charge in [-0.2, -0.15) is 0 Å². The van der Waals surface area contributed by atoms with Gasteiger partial charge in [0.1, 0.15) is 12.4 Å². The minimum absolute atomic E-state index is 0.266. The molecule has 1 aliphatic heterocycles. The van der Waals surface area contributed by atoms with Gasteiger partial charge in [-0.15, -0.1) is 0 Å². The van der Waals surface area contributed by atoms with Gasteiger partial charge in [0.25, 0.3) is 0 Å². The zero-order chi connectivity index (χ0) is 24.2. The molecule has 0 unspecified atom stereocenters. The number of esters is 1. The van der Waals surface area contributed by atoms with Crippen molar-refractivity contribution in [2.45, 2.75) is 52.9 Å². The van der Waals surface area contributed by atoms with Crippen LogP contribution >= 0.6 is 0 Å². The first-order valence-electron chi connectivity index (χ1n) is 12.7. The number of carbonyl (C=O) groups is 1. The van der Waals surface area contributed by atoms with Crippen molar-refractivity contribution in [2.75, 3.05) is 44.4 Å². The van der Waals surface area contributed by atoms with Crippen molar-refractivity contribution in [3.8, 4) is 16.9 Å². The SMILES string of the molecule is CCCCOCCOc1ccc(-c2ccc(N3CCCCC3)c(/C=C(\C)C(=O)OCC)c2)cc1. The predicted molar refractivity (Wildman–Crippen MR) is 139 cm³/mol. The van der Waals surface area contributed by atoms with E-state index in [1.807, 2.05) is 32.1 Å². The summed E-state index contributed by atoms with van der Waals surface area (Å²) in [5, 5.41) is 0. The normalized spacial score (nSPS) is 14.2. The van der Waals surface area contributed by atoms with E-state index < -0.39 is 0 Å². The molecule has 0 amide bonds. The van der Waals surface area contributed by atoms with Crippen LogP contribution in [0.2, 0.25) is 0 Å². The largest absolute Gasteiger partial charge is 0.491 e. The van der Waals surface area contributed by atoms with E-state index in [0.29, 0.717) is 25.4 Å². The van der Waals surface area contributed by atoms with Crippen molar-refractivity contribution in [3.05, 3.63) is 53.6 Å². The van der Waals surface area contributed by atoms with Crippen LogP contribution < -0.4 is 9.64 Å². The van der Waals surface area contributed by atoms with E-state index in [-0.39, 0.29) is 5.97 Å². The van der Waals surface area contributed by atoms with Crippen molar-refractivity contribution in [1.82, 2.24) is 0 Å². The maximum Gasteiger partial charge on any atom is 0.333 e. The molecule has 2 aromatic carbocycles. The summed E-state index contributed by atoms with van der Waals surface area (Å²) in [6.45, 7) is 10.2. The molecule has 5 nitrogen and oxygen atoms in total. The van der Waals surface area contributed by atoms with Gasteiger partial charge in [0.2, 0.25) is 0 Å². The number of anilines is 1. The predicted octanol–water partition coefficient (Wildman–Crippen LogP) is 6.51. The highest BCUT2D eigenvalue weighted by molar-refractivity contribution is 5.94. The minimum atomic E-state index is -0.266. The Morgan fingerprint density at radius 2 is 1.68 bits per heavy atom. The average Bonchev–Trinajstić information content (AvgIpc) is 2.87. The number of hydrogen-bond donors (Lipinski definition) is 0. The highest BCUT2D eigenvalue weighted by Crippen LogP contribution is 2.32. The molecule has 2 aromatic rings. The minimum Gasteiger partial charge on any atom is -0.491 e. The lowest BCUT2D eigenvalue weighted by molar-refractivity contribution is -0.138. The Balaban J connectivity index is 1.76. The Labute approximate surface area is 204 Å². The van der Waals surface area contributed by atoms with Crippen LogP contribution in [0.1, 0.15) is 58.4 Å². The summed E-state index contributed by atoms with van der Waals surface area (Å²) in [5.74, 6) is 0.573. The molecule has 0 aromatic heterocycles. The molecular weight excluding hydrogens is 426 g/mol. The first kappa shape index (κ1) is 25.8. The summed E-state index contributed by atoms with van der Waals surface area (Å²) >= 11 is 0. The van der Waals surface area contributed by atoms with Crippen molar-refractivity contribution < 1.29 is 19.0 Å². The van der Waals surface area contributed by atoms with Gasteiger partial charge in [-0.25, -0.2) is 4.79 Å². The van der Waals surface area contributed by atoms with Gasteiger partial charge in [0.15, 0.2) is 0 Å². The number of rotatable bonds is 12. The third-order valence-electron chi connectivity index (χ3n) is 6.02. The highest BCUT2D eigenvalue weighted by atomic mass is 16.5. The second kappa shape index (κ2) is 13.8. The van der Waals surface area contributed by atoms with Crippen molar-refractivity contribution >= 4 is 17.7 Å². The lowest BCUT2D eigenvalue weighted by atomic mass is 9.98. The van der Waals surface area contributed by atoms with E-state index >= 15 is 0 Å². The van der Waals surface area contributed by atoms with Gasteiger partial charge in [-0.05, 0) is 86.6 Å². The van der Waals surface area contributed by atoms with E-state index in [1.165, 1.54) is 24.9 Å². The number of hydrogen-bond acceptors (Lipinski definition) is 5. The van der Waals surface area contributed by atoms with Crippen molar-refractivity contribution in [3.63, 3.8) is 0 Å². The van der Waals surface area contributed by atoms with E-state index in [4.69, 9.17) is 14.2 Å². The number of unbranched alkanes of at least 4 members (excludes halogenated alkanes) is 1. The molecule has 0 saturated carbocycles. The van der Waals surface area contributed by atoms with Crippen molar-refractivity contribution in [1.29, 1.82) is 0 Å². The molecule has 0 radical (unpaired) electrons. The van der Waals surface area contributed by atoms with Gasteiger partial charge in [0, 0.05) is 31.0 Å². The standard InChI is InChI=1S/C29H39NO4/c1-4-6-18-32-19-20-34-27-13-10-24(11-14-27)25-12-15-28(30-16-8-7-9-17-30)26(22-25)21-23(3)29(31)33-5-2/h10-15,21-22H,4-9,16-20H2,1-3H3/b23-21+. The number of benzene rings is 2. The molecule has 0 bridgehead atoms. The smallest absolute Gasteiger partial charge is 0.333 e. The molecule has 0 N–H and O–H groups in total. The first-order chi connectivity index (χ1) is 16.6. The van der Waals surface area contributed by atoms with Crippen LogP contribution in [0.15, 0.2) is 48.0 Å². The van der Waals surface area contributed by atoms with Gasteiger partial charge in [0.05, 0.1) is 13.2 Å². The summed E-state index contributed by atoms with van der Waals surface area (Å²) in [6.07, 6.45) is 7.87. The number of ether oxygens (including phenoxy) is 3. The quantitative estimate of drug-likeness (QED) is 0.203. The molecule has 1 saturated heterocycles. The average molecular weight is 466 g/mol. The summed E-state index contributed by atoms with van der Waals surface area (Å²) in [4.78, 5) is 14.7. The monoisotopic (exact) mass is 465 g/mol. The first-order valence-corrected chi connectivity index (χ1v) is 12.7. The molecule has 1 heterocycles. The van der Waals surface area contributed by atoms with Crippen LogP contribution in [0.3, 0.4) is 0 Å². The Bertz CT molecular complexity index is 930. The van der Waals surface area contributed by atoms with Crippen molar-refractivity contribution in [2.24, 2.45) is 0 Å². The number of carbonyl (C=O) groups excluding carboxylic acids is 1. The summed E-state index contributed by atoms with van der Waals surface area (Å²) in [5.41, 5.74) is 5.06. The lowest BCUT2D eigenvalue weighted by Gasteiger charge is -2.30. The molecule has 5 heteroatoms. The van der Waals surface area contributed by atoms with Gasteiger partial charge in [-0.1, -0.05) is 31.5 Å². The number of nitrogens with zero attached hydrogens (tertiary/aromatic N) is 1. The third-order valence-corrected chi connectivity index (χ3v) is 6.02. The number of piperidine rings is 1. The fourth-order valence-electron chi connectivity index (χ4n) is 4.12. The van der Waals surface area contributed by atoms with Crippen LogP contribution in [0, 0.1) is 0 Å². The Kier molecular flexibility index (Phi) is 10.5. The molecule has 0 atom stereocenters. The summed E-state index contributed by atoms with van der Waals surface area (Å²) in [6, 6.07) is 14.7. The van der Waals surface area contributed by atoms with Gasteiger partial charge < -0.3 is 19.1 Å². The molecule has 0 spiro atoms. The van der Waals surface area contributed by atoms with Crippen LogP contribution in [0.5, 0.6) is 5.75 Å². The van der Waals surface area contributed by atoms with Gasteiger partial charge in [-0.3, -0.25) is 0 Å². The molecule has 0 aliphatic carbocycles. The fraction of sp³-hybridized carbons (Fsp3) is 0.483. The Morgan fingerprint density at radius 1 is 0.941 bits per heavy atom. The molecular formula is C29H39NO4. The second-order valence-electron chi connectivity index (χ2n) is 8.71. The molecule has 1 fully saturated rings. The summed E-state index contributed by atoms with van der Waals surface area (Å²) < 4.78 is 16.6. The zero-order valence-electron chi connectivity index (χ0n) is 21.0. The topological polar surface area (TPSA) is 48.0 Å². The van der Waals surface area contributed by atoms with Crippen LogP contribution in [-0.4, -0.2) is 45.5 Å². The molecule has 184 valence electrons. The maximum absolute atomic E-state index is 12.3. The molecule has 34 heavy (non-hydrogen) atoms. The zero-order valence-corrected chi connectivity index (χ0v) is 21.0. The van der Waals surface area contributed by atoms with E-state index in [9.17, 15) is 4.79 Å². The Hall–Kier alpha value is -2.79. The lowest BCUT2D eigenvalue weighted by Crippen LogP contribution is -2.29. The fourth-order valence-corrected chi connectivity index (χ4v) is 4.12. The van der Waals surface area contributed by atoms with Crippen LogP contribution in [0.25, 0.3) is 17.2 Å². The summed E-state index contributed by atoms with van der Waals surface area (Å²) in [7, 11) is 0. The Morgan fingerprint density at radius 3 is 2.38 bits per heavy atom. The van der Waals surface area contributed by atoms with E-state index in [2.05, 4.69) is 42.2 Å². The van der Waals surface area contributed by atoms with E-state index in [0.717, 1.165) is 55.0 Å². The van der Waals surface area contributed by atoms with Gasteiger partial charge >= 0.3 is 5.97 Å². The second-order valence-corrected chi connectivity index (χ2v) is 8.71. The van der Waals surface area contributed by atoms with Crippen LogP contribution in [0.4, 0.5) is 5.69 Å². The highest BCUT2D eigenvalue weighted by Gasteiger charge is 2.16. The third kappa shape index (κ3) is 7.63. The molecule has 1 aliphatic rings. The maximum atomic E-state index is 12.3. The molecule has 3 rings (SSSR count).